The fraction of sp³-hybridized carbons (Fsp3) is 0.522. The summed E-state index contributed by atoms with van der Waals surface area (Å²) in [6.45, 7) is 2.92. The largest absolute Gasteiger partial charge is 0.504 e. The van der Waals surface area contributed by atoms with Gasteiger partial charge in [-0.2, -0.15) is 0 Å². The minimum atomic E-state index is -0.719. The fourth-order valence-electron chi connectivity index (χ4n) is 3.34. The Labute approximate surface area is 193 Å². The number of ether oxygens (including phenoxy) is 1. The Hall–Kier alpha value is -2.06. The third-order valence-corrected chi connectivity index (χ3v) is 6.36. The standard InChI is InChI=1S/C23H31NO5S2/c1-2-29-19-15-17(12-13-18(19)25)16-20-22(28)24(23(30)31-20)14-10-8-6-4-3-5-7-9-11-21(26)27/h12-13,15-16,25H,2-11,14H2,1H3,(H,26,27)/b20-16-. The van der Waals surface area contributed by atoms with Gasteiger partial charge in [-0.3, -0.25) is 14.5 Å². The summed E-state index contributed by atoms with van der Waals surface area (Å²) in [5.74, 6) is -0.316. The number of hydrogen-bond donors (Lipinski definition) is 2. The number of phenols is 1. The molecule has 1 aromatic rings. The van der Waals surface area contributed by atoms with Crippen molar-refractivity contribution in [3.05, 3.63) is 28.7 Å². The molecule has 8 heteroatoms. The zero-order valence-electron chi connectivity index (χ0n) is 18.0. The van der Waals surface area contributed by atoms with Crippen molar-refractivity contribution in [2.45, 2.75) is 64.7 Å². The van der Waals surface area contributed by atoms with Gasteiger partial charge in [0, 0.05) is 13.0 Å². The highest BCUT2D eigenvalue weighted by Gasteiger charge is 2.31. The molecule has 1 heterocycles. The van der Waals surface area contributed by atoms with E-state index in [1.54, 1.807) is 29.2 Å². The third-order valence-electron chi connectivity index (χ3n) is 4.98. The van der Waals surface area contributed by atoms with Crippen LogP contribution < -0.4 is 4.74 Å². The van der Waals surface area contributed by atoms with Crippen LogP contribution in [-0.4, -0.2) is 44.5 Å². The molecule has 1 aliphatic rings. The lowest BCUT2D eigenvalue weighted by molar-refractivity contribution is -0.137. The van der Waals surface area contributed by atoms with Crippen LogP contribution >= 0.6 is 24.0 Å². The molecule has 170 valence electrons. The molecule has 2 rings (SSSR count). The molecule has 1 amide bonds. The number of aromatic hydroxyl groups is 1. The second kappa shape index (κ2) is 13.4. The van der Waals surface area contributed by atoms with Crippen LogP contribution in [0.3, 0.4) is 0 Å². The maximum Gasteiger partial charge on any atom is 0.303 e. The number of rotatable bonds is 14. The number of carbonyl (C=O) groups is 2. The molecule has 2 N–H and O–H groups in total. The van der Waals surface area contributed by atoms with Crippen LogP contribution in [0.15, 0.2) is 23.1 Å². The van der Waals surface area contributed by atoms with Crippen molar-refractivity contribution >= 4 is 46.3 Å². The number of nitrogens with zero attached hydrogens (tertiary/aromatic N) is 1. The van der Waals surface area contributed by atoms with Crippen molar-refractivity contribution < 1.29 is 24.5 Å². The number of hydrogen-bond acceptors (Lipinski definition) is 6. The van der Waals surface area contributed by atoms with Crippen molar-refractivity contribution in [3.8, 4) is 11.5 Å². The molecule has 0 radical (unpaired) electrons. The maximum atomic E-state index is 12.7. The summed E-state index contributed by atoms with van der Waals surface area (Å²) in [5.41, 5.74) is 0.783. The topological polar surface area (TPSA) is 87.1 Å². The number of amides is 1. The van der Waals surface area contributed by atoms with Crippen LogP contribution in [0.2, 0.25) is 0 Å². The van der Waals surface area contributed by atoms with E-state index in [0.29, 0.717) is 28.1 Å². The van der Waals surface area contributed by atoms with E-state index in [1.807, 2.05) is 6.92 Å². The van der Waals surface area contributed by atoms with Crippen molar-refractivity contribution in [1.29, 1.82) is 0 Å². The lowest BCUT2D eigenvalue weighted by Crippen LogP contribution is -2.29. The van der Waals surface area contributed by atoms with Gasteiger partial charge >= 0.3 is 5.97 Å². The summed E-state index contributed by atoms with van der Waals surface area (Å²) in [5, 5.41) is 18.4. The molecule has 31 heavy (non-hydrogen) atoms. The highest BCUT2D eigenvalue weighted by Crippen LogP contribution is 2.34. The molecule has 1 saturated heterocycles. The van der Waals surface area contributed by atoms with Crippen LogP contribution in [0.1, 0.15) is 70.3 Å². The summed E-state index contributed by atoms with van der Waals surface area (Å²) in [6.07, 6.45) is 10.2. The van der Waals surface area contributed by atoms with Gasteiger partial charge in [0.2, 0.25) is 0 Å². The summed E-state index contributed by atoms with van der Waals surface area (Å²) < 4.78 is 5.98. The van der Waals surface area contributed by atoms with E-state index in [-0.39, 0.29) is 18.1 Å². The van der Waals surface area contributed by atoms with Crippen LogP contribution in [0.4, 0.5) is 0 Å². The van der Waals surface area contributed by atoms with Crippen LogP contribution in [0.25, 0.3) is 6.08 Å². The smallest absolute Gasteiger partial charge is 0.303 e. The van der Waals surface area contributed by atoms with E-state index < -0.39 is 5.97 Å². The Morgan fingerprint density at radius 2 is 1.77 bits per heavy atom. The van der Waals surface area contributed by atoms with Gasteiger partial charge in [0.15, 0.2) is 11.5 Å². The summed E-state index contributed by atoms with van der Waals surface area (Å²) in [7, 11) is 0. The Bertz CT molecular complexity index is 809. The maximum absolute atomic E-state index is 12.7. The lowest BCUT2D eigenvalue weighted by atomic mass is 10.1. The molecule has 0 aromatic heterocycles. The Morgan fingerprint density at radius 3 is 2.42 bits per heavy atom. The van der Waals surface area contributed by atoms with Crippen molar-refractivity contribution in [2.75, 3.05) is 13.2 Å². The SMILES string of the molecule is CCOc1cc(/C=C2\SC(=S)N(CCCCCCCCCCC(=O)O)C2=O)ccc1O. The van der Waals surface area contributed by atoms with Gasteiger partial charge in [-0.1, -0.05) is 68.6 Å². The van der Waals surface area contributed by atoms with Gasteiger partial charge in [0.25, 0.3) is 5.91 Å². The summed E-state index contributed by atoms with van der Waals surface area (Å²) in [4.78, 5) is 25.5. The predicted octanol–water partition coefficient (Wildman–Crippen LogP) is 5.59. The molecular weight excluding hydrogens is 434 g/mol. The van der Waals surface area contributed by atoms with Crippen molar-refractivity contribution in [2.24, 2.45) is 0 Å². The fourth-order valence-corrected chi connectivity index (χ4v) is 4.65. The number of thioether (sulfide) groups is 1. The summed E-state index contributed by atoms with van der Waals surface area (Å²) in [6, 6.07) is 5.02. The van der Waals surface area contributed by atoms with Crippen molar-refractivity contribution in [3.63, 3.8) is 0 Å². The average Bonchev–Trinajstić information content (AvgIpc) is 2.99. The molecule has 0 spiro atoms. The van der Waals surface area contributed by atoms with Gasteiger partial charge in [-0.25, -0.2) is 0 Å². The number of benzene rings is 1. The first-order valence-corrected chi connectivity index (χ1v) is 12.1. The van der Waals surface area contributed by atoms with Crippen LogP contribution in [0.5, 0.6) is 11.5 Å². The normalized spacial score (nSPS) is 15.1. The van der Waals surface area contributed by atoms with Gasteiger partial charge in [-0.05, 0) is 43.5 Å². The monoisotopic (exact) mass is 465 g/mol. The minimum absolute atomic E-state index is 0.0699. The highest BCUT2D eigenvalue weighted by molar-refractivity contribution is 8.26. The predicted molar refractivity (Wildman–Crippen MR) is 128 cm³/mol. The van der Waals surface area contributed by atoms with E-state index >= 15 is 0 Å². The van der Waals surface area contributed by atoms with E-state index in [0.717, 1.165) is 56.9 Å². The van der Waals surface area contributed by atoms with Crippen LogP contribution in [-0.2, 0) is 9.59 Å². The molecule has 1 aromatic carbocycles. The molecular formula is C23H31NO5S2. The van der Waals surface area contributed by atoms with Gasteiger partial charge in [0.1, 0.15) is 4.32 Å². The molecule has 1 aliphatic heterocycles. The van der Waals surface area contributed by atoms with E-state index in [1.165, 1.54) is 11.8 Å². The number of carboxylic acids is 1. The third kappa shape index (κ3) is 8.53. The van der Waals surface area contributed by atoms with Gasteiger partial charge in [0.05, 0.1) is 11.5 Å². The Kier molecular flexibility index (Phi) is 10.9. The number of thiocarbonyl (C=S) groups is 1. The average molecular weight is 466 g/mol. The quantitative estimate of drug-likeness (QED) is 0.210. The van der Waals surface area contributed by atoms with E-state index in [4.69, 9.17) is 22.1 Å². The molecule has 0 atom stereocenters. The number of phenolic OH excluding ortho intramolecular Hbond substituents is 1. The highest BCUT2D eigenvalue weighted by atomic mass is 32.2. The Morgan fingerprint density at radius 1 is 1.13 bits per heavy atom. The van der Waals surface area contributed by atoms with Crippen molar-refractivity contribution in [1.82, 2.24) is 4.90 Å². The van der Waals surface area contributed by atoms with E-state index in [9.17, 15) is 14.7 Å². The molecule has 0 saturated carbocycles. The number of carboxylic acid groups (broad SMARTS) is 1. The second-order valence-electron chi connectivity index (χ2n) is 7.47. The van der Waals surface area contributed by atoms with Gasteiger partial charge in [-0.15, -0.1) is 0 Å². The van der Waals surface area contributed by atoms with Gasteiger partial charge < -0.3 is 14.9 Å². The minimum Gasteiger partial charge on any atom is -0.504 e. The first-order valence-electron chi connectivity index (χ1n) is 10.9. The van der Waals surface area contributed by atoms with E-state index in [2.05, 4.69) is 0 Å². The number of unbranched alkanes of at least 4 members (excludes halogenated alkanes) is 7. The summed E-state index contributed by atoms with van der Waals surface area (Å²) >= 11 is 6.70. The lowest BCUT2D eigenvalue weighted by Gasteiger charge is -2.14. The molecule has 6 nitrogen and oxygen atoms in total. The molecule has 0 unspecified atom stereocenters. The zero-order valence-corrected chi connectivity index (χ0v) is 19.6. The number of aliphatic carboxylic acids is 1. The molecule has 0 aliphatic carbocycles. The Balaban J connectivity index is 1.73. The zero-order chi connectivity index (χ0) is 22.6. The number of carbonyl (C=O) groups excluding carboxylic acids is 1. The molecule has 0 bridgehead atoms. The first-order chi connectivity index (χ1) is 14.9. The second-order valence-corrected chi connectivity index (χ2v) is 9.14. The van der Waals surface area contributed by atoms with Crippen LogP contribution in [0, 0.1) is 0 Å². The molecule has 1 fully saturated rings. The first kappa shape index (κ1) is 25.2.